The first-order valence-corrected chi connectivity index (χ1v) is 6.12. The van der Waals surface area contributed by atoms with E-state index in [1.165, 1.54) is 25.7 Å². The van der Waals surface area contributed by atoms with Crippen LogP contribution >= 0.6 is 0 Å². The van der Waals surface area contributed by atoms with Crippen LogP contribution in [0.4, 0.5) is 0 Å². The summed E-state index contributed by atoms with van der Waals surface area (Å²) in [6, 6.07) is 0. The molecule has 0 radical (unpaired) electrons. The molecule has 0 aliphatic heterocycles. The number of hydrogen-bond acceptors (Lipinski definition) is 0. The zero-order chi connectivity index (χ0) is 9.97. The molecule has 0 bridgehead atoms. The first-order chi connectivity index (χ1) is 6.77. The SMILES string of the molecule is CC1C=CC(C2C=CCCC2C)CC1. The van der Waals surface area contributed by atoms with Crippen LogP contribution in [0.3, 0.4) is 0 Å². The Kier molecular flexibility index (Phi) is 3.10. The van der Waals surface area contributed by atoms with Gasteiger partial charge in [-0.2, -0.15) is 0 Å². The summed E-state index contributed by atoms with van der Waals surface area (Å²) < 4.78 is 0. The molecule has 0 N–H and O–H groups in total. The zero-order valence-electron chi connectivity index (χ0n) is 9.45. The third-order valence-corrected chi connectivity index (χ3v) is 3.94. The predicted octanol–water partition coefficient (Wildman–Crippen LogP) is 4.19. The third-order valence-electron chi connectivity index (χ3n) is 3.94. The van der Waals surface area contributed by atoms with Gasteiger partial charge in [0.15, 0.2) is 0 Å². The fourth-order valence-electron chi connectivity index (χ4n) is 2.86. The molecular weight excluding hydrogens is 168 g/mol. The maximum absolute atomic E-state index is 2.48. The highest BCUT2D eigenvalue weighted by Crippen LogP contribution is 2.36. The molecule has 0 nitrogen and oxygen atoms in total. The highest BCUT2D eigenvalue weighted by molar-refractivity contribution is 5.07. The molecule has 0 saturated heterocycles. The van der Waals surface area contributed by atoms with Crippen LogP contribution in [0, 0.1) is 23.7 Å². The third kappa shape index (κ3) is 2.10. The molecule has 0 amide bonds. The molecule has 0 spiro atoms. The van der Waals surface area contributed by atoms with Crippen molar-refractivity contribution in [1.29, 1.82) is 0 Å². The molecule has 4 atom stereocenters. The van der Waals surface area contributed by atoms with E-state index in [0.29, 0.717) is 0 Å². The summed E-state index contributed by atoms with van der Waals surface area (Å²) in [5.74, 6) is 3.36. The van der Waals surface area contributed by atoms with E-state index in [4.69, 9.17) is 0 Å². The molecule has 2 aliphatic rings. The van der Waals surface area contributed by atoms with Gasteiger partial charge in [-0.25, -0.2) is 0 Å². The van der Waals surface area contributed by atoms with Crippen LogP contribution in [0.5, 0.6) is 0 Å². The van der Waals surface area contributed by atoms with Crippen molar-refractivity contribution in [1.82, 2.24) is 0 Å². The topological polar surface area (TPSA) is 0 Å². The Bertz CT molecular complexity index is 236. The van der Waals surface area contributed by atoms with E-state index in [2.05, 4.69) is 38.2 Å². The van der Waals surface area contributed by atoms with E-state index >= 15 is 0 Å². The summed E-state index contributed by atoms with van der Waals surface area (Å²) in [7, 11) is 0. The van der Waals surface area contributed by atoms with Gasteiger partial charge in [0, 0.05) is 0 Å². The van der Waals surface area contributed by atoms with Crippen molar-refractivity contribution in [2.45, 2.75) is 39.5 Å². The van der Waals surface area contributed by atoms with E-state index in [1.54, 1.807) is 0 Å². The number of hydrogen-bond donors (Lipinski definition) is 0. The van der Waals surface area contributed by atoms with Crippen LogP contribution in [0.2, 0.25) is 0 Å². The van der Waals surface area contributed by atoms with Gasteiger partial charge in [-0.3, -0.25) is 0 Å². The van der Waals surface area contributed by atoms with Crippen LogP contribution in [-0.4, -0.2) is 0 Å². The molecule has 0 heterocycles. The van der Waals surface area contributed by atoms with Crippen LogP contribution in [0.1, 0.15) is 39.5 Å². The van der Waals surface area contributed by atoms with Crippen molar-refractivity contribution in [2.75, 3.05) is 0 Å². The molecule has 4 unspecified atom stereocenters. The standard InChI is InChI=1S/C14H22/c1-11-7-9-13(10-8-11)14-6-4-3-5-12(14)2/h4,6-7,9,11-14H,3,5,8,10H2,1-2H3. The lowest BCUT2D eigenvalue weighted by molar-refractivity contribution is 0.283. The molecule has 14 heavy (non-hydrogen) atoms. The fraction of sp³-hybridized carbons (Fsp3) is 0.714. The first-order valence-electron chi connectivity index (χ1n) is 6.12. The Morgan fingerprint density at radius 2 is 1.79 bits per heavy atom. The van der Waals surface area contributed by atoms with E-state index in [9.17, 15) is 0 Å². The van der Waals surface area contributed by atoms with Gasteiger partial charge in [-0.1, -0.05) is 38.2 Å². The summed E-state index contributed by atoms with van der Waals surface area (Å²) in [6.07, 6.45) is 15.2. The average molecular weight is 190 g/mol. The molecule has 2 rings (SSSR count). The van der Waals surface area contributed by atoms with Gasteiger partial charge in [-0.05, 0) is 49.4 Å². The molecule has 0 aromatic carbocycles. The number of rotatable bonds is 1. The van der Waals surface area contributed by atoms with E-state index in [1.807, 2.05) is 0 Å². The van der Waals surface area contributed by atoms with Crippen LogP contribution in [0.25, 0.3) is 0 Å². The number of allylic oxidation sites excluding steroid dienone is 4. The molecule has 0 saturated carbocycles. The molecular formula is C14H22. The Morgan fingerprint density at radius 1 is 0.929 bits per heavy atom. The Balaban J connectivity index is 2.03. The molecule has 78 valence electrons. The van der Waals surface area contributed by atoms with E-state index < -0.39 is 0 Å². The maximum Gasteiger partial charge on any atom is -0.0145 e. The lowest BCUT2D eigenvalue weighted by atomic mass is 9.73. The molecule has 0 heteroatoms. The normalized spacial score (nSPS) is 42.7. The fourth-order valence-corrected chi connectivity index (χ4v) is 2.86. The second-order valence-electron chi connectivity index (χ2n) is 5.16. The minimum atomic E-state index is 0.814. The van der Waals surface area contributed by atoms with E-state index in [-0.39, 0.29) is 0 Å². The summed E-state index contributed by atoms with van der Waals surface area (Å²) in [5.41, 5.74) is 0. The summed E-state index contributed by atoms with van der Waals surface area (Å²) in [5, 5.41) is 0. The van der Waals surface area contributed by atoms with Gasteiger partial charge < -0.3 is 0 Å². The monoisotopic (exact) mass is 190 g/mol. The smallest absolute Gasteiger partial charge is 0.0145 e. The molecule has 0 fully saturated rings. The van der Waals surface area contributed by atoms with Crippen molar-refractivity contribution in [3.05, 3.63) is 24.3 Å². The van der Waals surface area contributed by atoms with Gasteiger partial charge in [0.2, 0.25) is 0 Å². The van der Waals surface area contributed by atoms with Gasteiger partial charge in [0.05, 0.1) is 0 Å². The Hall–Kier alpha value is -0.520. The van der Waals surface area contributed by atoms with Crippen LogP contribution in [0.15, 0.2) is 24.3 Å². The minimum Gasteiger partial charge on any atom is -0.0882 e. The Morgan fingerprint density at radius 3 is 2.43 bits per heavy atom. The highest BCUT2D eigenvalue weighted by Gasteiger charge is 2.26. The van der Waals surface area contributed by atoms with Gasteiger partial charge >= 0.3 is 0 Å². The zero-order valence-corrected chi connectivity index (χ0v) is 9.45. The van der Waals surface area contributed by atoms with Gasteiger partial charge in [-0.15, -0.1) is 0 Å². The first kappa shape index (κ1) is 10.0. The van der Waals surface area contributed by atoms with Crippen LogP contribution in [-0.2, 0) is 0 Å². The van der Waals surface area contributed by atoms with Crippen molar-refractivity contribution in [2.24, 2.45) is 23.7 Å². The van der Waals surface area contributed by atoms with Crippen molar-refractivity contribution in [3.63, 3.8) is 0 Å². The quantitative estimate of drug-likeness (QED) is 0.544. The van der Waals surface area contributed by atoms with Gasteiger partial charge in [0.25, 0.3) is 0 Å². The second-order valence-corrected chi connectivity index (χ2v) is 5.16. The lowest BCUT2D eigenvalue weighted by Gasteiger charge is -2.32. The minimum absolute atomic E-state index is 0.814. The van der Waals surface area contributed by atoms with Crippen LogP contribution < -0.4 is 0 Å². The molecule has 0 aromatic heterocycles. The van der Waals surface area contributed by atoms with E-state index in [0.717, 1.165) is 23.7 Å². The molecule has 0 aromatic rings. The predicted molar refractivity (Wildman–Crippen MR) is 62.1 cm³/mol. The summed E-state index contributed by atoms with van der Waals surface area (Å²) in [6.45, 7) is 4.74. The lowest BCUT2D eigenvalue weighted by Crippen LogP contribution is -2.23. The van der Waals surface area contributed by atoms with Crippen molar-refractivity contribution in [3.8, 4) is 0 Å². The largest absolute Gasteiger partial charge is 0.0882 e. The Labute approximate surface area is 88.1 Å². The second kappa shape index (κ2) is 4.33. The highest BCUT2D eigenvalue weighted by atomic mass is 14.3. The summed E-state index contributed by atoms with van der Waals surface area (Å²) >= 11 is 0. The van der Waals surface area contributed by atoms with Crippen molar-refractivity contribution < 1.29 is 0 Å². The average Bonchev–Trinajstić information content (AvgIpc) is 2.20. The van der Waals surface area contributed by atoms with Crippen molar-refractivity contribution >= 4 is 0 Å². The summed E-state index contributed by atoms with van der Waals surface area (Å²) in [4.78, 5) is 0. The molecule has 2 aliphatic carbocycles. The maximum atomic E-state index is 2.48. The van der Waals surface area contributed by atoms with Gasteiger partial charge in [0.1, 0.15) is 0 Å².